The number of unbranched alkanes of at least 4 members (excludes halogenated alkanes) is 1. The van der Waals surface area contributed by atoms with Crippen molar-refractivity contribution in [1.82, 2.24) is 0 Å². The Morgan fingerprint density at radius 2 is 1.69 bits per heavy atom. The fourth-order valence-electron chi connectivity index (χ4n) is 0.613. The molecule has 0 rings (SSSR count). The Labute approximate surface area is 95.8 Å². The van der Waals surface area contributed by atoms with E-state index in [0.717, 1.165) is 12.8 Å². The first kappa shape index (κ1) is 17.5. The van der Waals surface area contributed by atoms with Gasteiger partial charge in [-0.1, -0.05) is 0 Å². The van der Waals surface area contributed by atoms with Gasteiger partial charge in [0.15, 0.2) is 5.96 Å². The lowest BCUT2D eigenvalue weighted by atomic mass is 10.3. The van der Waals surface area contributed by atoms with Crippen LogP contribution >= 0.6 is 0 Å². The molecule has 98 valence electrons. The number of nitrogens with two attached hydrogens (primary N) is 4. The largest absolute Gasteiger partial charge is 0.370 e. The maximum Gasteiger partial charge on any atom is 0.266 e. The topological polar surface area (TPSA) is 171 Å². The van der Waals surface area contributed by atoms with Gasteiger partial charge in [-0.3, -0.25) is 9.55 Å². The summed E-state index contributed by atoms with van der Waals surface area (Å²) in [5.41, 5.74) is 20.2. The van der Waals surface area contributed by atoms with Gasteiger partial charge in [0.2, 0.25) is 0 Å². The van der Waals surface area contributed by atoms with Gasteiger partial charge >= 0.3 is 0 Å². The number of nitrogens with zero attached hydrogens (tertiary/aromatic N) is 1. The maximum atomic E-state index is 9.71. The summed E-state index contributed by atoms with van der Waals surface area (Å²) in [6.07, 6.45) is 1.95. The predicted octanol–water partition coefficient (Wildman–Crippen LogP) is -2.17. The van der Waals surface area contributed by atoms with Gasteiger partial charge in [0, 0.05) is 13.1 Å². The summed E-state index contributed by atoms with van der Waals surface area (Å²) in [4.78, 5) is 3.78. The normalized spacial score (nSPS) is 10.2. The highest BCUT2D eigenvalue weighted by Crippen LogP contribution is 1.84. The molecule has 0 aliphatic carbocycles. The molecular formula is C7H21N5O3S. The standard InChI is InChI=1S/C5H14N4.C2H7NO3S/c6-3-1-2-4-9-5(7)8;3-1-2-7(4,5)6/h1-4,6H2,(H4,7,8,9);1-3H2,(H,4,5,6). The van der Waals surface area contributed by atoms with Gasteiger partial charge in [-0.25, -0.2) is 0 Å². The molecule has 0 saturated carbocycles. The van der Waals surface area contributed by atoms with E-state index in [1.807, 2.05) is 0 Å². The van der Waals surface area contributed by atoms with Crippen LogP contribution in [0.4, 0.5) is 0 Å². The molecule has 0 aromatic carbocycles. The van der Waals surface area contributed by atoms with Crippen molar-refractivity contribution < 1.29 is 13.0 Å². The second-order valence-corrected chi connectivity index (χ2v) is 4.45. The van der Waals surface area contributed by atoms with Crippen molar-refractivity contribution in [3.05, 3.63) is 0 Å². The van der Waals surface area contributed by atoms with E-state index in [1.54, 1.807) is 0 Å². The van der Waals surface area contributed by atoms with Crippen molar-refractivity contribution in [2.75, 3.05) is 25.4 Å². The molecule has 0 aromatic heterocycles. The van der Waals surface area contributed by atoms with Crippen molar-refractivity contribution in [3.63, 3.8) is 0 Å². The minimum absolute atomic E-state index is 0.0289. The van der Waals surface area contributed by atoms with Crippen molar-refractivity contribution in [2.45, 2.75) is 12.8 Å². The first-order valence-electron chi connectivity index (χ1n) is 4.74. The summed E-state index contributed by atoms with van der Waals surface area (Å²) in [6.45, 7) is 1.37. The molecule has 0 bridgehead atoms. The van der Waals surface area contributed by atoms with Gasteiger partial charge in [-0.05, 0) is 19.4 Å². The van der Waals surface area contributed by atoms with Gasteiger partial charge in [-0.15, -0.1) is 0 Å². The molecule has 16 heavy (non-hydrogen) atoms. The number of aliphatic imine (C=N–C) groups is 1. The van der Waals surface area contributed by atoms with E-state index in [2.05, 4.69) is 4.99 Å². The van der Waals surface area contributed by atoms with Gasteiger partial charge in [-0.2, -0.15) is 8.42 Å². The van der Waals surface area contributed by atoms with Crippen LogP contribution in [-0.4, -0.2) is 44.3 Å². The van der Waals surface area contributed by atoms with Crippen LogP contribution in [0.3, 0.4) is 0 Å². The zero-order valence-corrected chi connectivity index (χ0v) is 9.99. The quantitative estimate of drug-likeness (QED) is 0.155. The average molecular weight is 255 g/mol. The maximum absolute atomic E-state index is 9.71. The Morgan fingerprint density at radius 3 is 1.94 bits per heavy atom. The minimum atomic E-state index is -3.80. The zero-order valence-electron chi connectivity index (χ0n) is 9.17. The molecule has 9 heteroatoms. The van der Waals surface area contributed by atoms with Crippen LogP contribution in [0.15, 0.2) is 4.99 Å². The molecule has 8 nitrogen and oxygen atoms in total. The SMILES string of the molecule is NCCCCN=C(N)N.NCCS(=O)(=O)O. The molecule has 0 aliphatic heterocycles. The summed E-state index contributed by atoms with van der Waals surface area (Å²) in [5.74, 6) is -0.195. The van der Waals surface area contributed by atoms with Gasteiger partial charge in [0.25, 0.3) is 10.1 Å². The Bertz CT molecular complexity index is 274. The second-order valence-electron chi connectivity index (χ2n) is 2.88. The first-order chi connectivity index (χ1) is 7.33. The van der Waals surface area contributed by atoms with E-state index in [0.29, 0.717) is 13.1 Å². The number of guanidine groups is 1. The molecule has 0 unspecified atom stereocenters. The van der Waals surface area contributed by atoms with Crippen molar-refractivity contribution in [1.29, 1.82) is 0 Å². The van der Waals surface area contributed by atoms with Crippen molar-refractivity contribution in [3.8, 4) is 0 Å². The van der Waals surface area contributed by atoms with Gasteiger partial charge < -0.3 is 22.9 Å². The van der Waals surface area contributed by atoms with E-state index in [9.17, 15) is 8.42 Å². The van der Waals surface area contributed by atoms with E-state index in [1.165, 1.54) is 0 Å². The number of hydrogen-bond acceptors (Lipinski definition) is 5. The molecule has 0 spiro atoms. The van der Waals surface area contributed by atoms with E-state index >= 15 is 0 Å². The molecule has 0 aliphatic rings. The van der Waals surface area contributed by atoms with Crippen LogP contribution in [0, 0.1) is 0 Å². The van der Waals surface area contributed by atoms with E-state index < -0.39 is 10.1 Å². The number of hydrogen-bond donors (Lipinski definition) is 5. The van der Waals surface area contributed by atoms with E-state index in [-0.39, 0.29) is 18.3 Å². The second kappa shape index (κ2) is 10.6. The fourth-order valence-corrected chi connectivity index (χ4v) is 0.911. The Kier molecular flexibility index (Phi) is 11.6. The summed E-state index contributed by atoms with van der Waals surface area (Å²) >= 11 is 0. The third-order valence-electron chi connectivity index (χ3n) is 1.28. The Morgan fingerprint density at radius 1 is 1.12 bits per heavy atom. The van der Waals surface area contributed by atoms with Crippen LogP contribution < -0.4 is 22.9 Å². The molecule has 0 aromatic rings. The zero-order chi connectivity index (χ0) is 13.0. The predicted molar refractivity (Wildman–Crippen MR) is 64.4 cm³/mol. The minimum Gasteiger partial charge on any atom is -0.370 e. The molecule has 0 saturated heterocycles. The van der Waals surface area contributed by atoms with Gasteiger partial charge in [0.05, 0.1) is 5.75 Å². The lowest BCUT2D eigenvalue weighted by Gasteiger charge is -1.92. The third-order valence-corrected chi connectivity index (χ3v) is 2.03. The van der Waals surface area contributed by atoms with Crippen LogP contribution in [0.25, 0.3) is 0 Å². The Balaban J connectivity index is 0. The summed E-state index contributed by atoms with van der Waals surface area (Å²) < 4.78 is 27.3. The van der Waals surface area contributed by atoms with Crippen LogP contribution in [0.1, 0.15) is 12.8 Å². The van der Waals surface area contributed by atoms with Crippen LogP contribution in [0.2, 0.25) is 0 Å². The monoisotopic (exact) mass is 255 g/mol. The summed E-state index contributed by atoms with van der Waals surface area (Å²) in [6, 6.07) is 0. The van der Waals surface area contributed by atoms with E-state index in [4.69, 9.17) is 27.5 Å². The number of rotatable bonds is 6. The van der Waals surface area contributed by atoms with Gasteiger partial charge in [0.1, 0.15) is 0 Å². The smallest absolute Gasteiger partial charge is 0.266 e. The highest BCUT2D eigenvalue weighted by atomic mass is 32.2. The van der Waals surface area contributed by atoms with Crippen molar-refractivity contribution >= 4 is 16.1 Å². The Hall–Kier alpha value is -0.900. The van der Waals surface area contributed by atoms with Crippen LogP contribution in [0.5, 0.6) is 0 Å². The molecule has 9 N–H and O–H groups in total. The molecule has 0 radical (unpaired) electrons. The molecule has 0 heterocycles. The first-order valence-corrected chi connectivity index (χ1v) is 6.35. The summed E-state index contributed by atoms with van der Waals surface area (Å²) in [5, 5.41) is 0. The highest BCUT2D eigenvalue weighted by Gasteiger charge is 1.98. The van der Waals surface area contributed by atoms with Crippen LogP contribution in [-0.2, 0) is 10.1 Å². The fraction of sp³-hybridized carbons (Fsp3) is 0.857. The average Bonchev–Trinajstić information content (AvgIpc) is 2.11. The molecule has 0 atom stereocenters. The summed E-state index contributed by atoms with van der Waals surface area (Å²) in [7, 11) is -3.80. The molecule has 0 amide bonds. The van der Waals surface area contributed by atoms with Crippen molar-refractivity contribution in [2.24, 2.45) is 27.9 Å². The lowest BCUT2D eigenvalue weighted by molar-refractivity contribution is 0.483. The molecular weight excluding hydrogens is 234 g/mol. The third kappa shape index (κ3) is 23.2. The lowest BCUT2D eigenvalue weighted by Crippen LogP contribution is -2.23. The highest BCUT2D eigenvalue weighted by molar-refractivity contribution is 7.85. The molecule has 0 fully saturated rings.